The summed E-state index contributed by atoms with van der Waals surface area (Å²) >= 11 is 1.18. The highest BCUT2D eigenvalue weighted by atomic mass is 32.2. The summed E-state index contributed by atoms with van der Waals surface area (Å²) in [6.45, 7) is 1.79. The van der Waals surface area contributed by atoms with Crippen molar-refractivity contribution in [3.63, 3.8) is 0 Å². The number of hydrogen-bond acceptors (Lipinski definition) is 6. The molecule has 2 aromatic heterocycles. The molecular weight excluding hydrogens is 380 g/mol. The van der Waals surface area contributed by atoms with E-state index in [4.69, 9.17) is 5.11 Å². The van der Waals surface area contributed by atoms with Gasteiger partial charge in [-0.05, 0) is 31.9 Å². The van der Waals surface area contributed by atoms with Crippen molar-refractivity contribution < 1.29 is 23.1 Å². The molecule has 0 aromatic carbocycles. The lowest BCUT2D eigenvalue weighted by atomic mass is 10.2. The number of carbonyl (C=O) groups is 2. The second-order valence-electron chi connectivity index (χ2n) is 5.92. The van der Waals surface area contributed by atoms with Crippen LogP contribution in [0.5, 0.6) is 0 Å². The molecule has 1 aliphatic rings. The van der Waals surface area contributed by atoms with Crippen molar-refractivity contribution in [1.82, 2.24) is 14.1 Å². The number of aromatic nitrogens is 2. The molecule has 1 saturated heterocycles. The summed E-state index contributed by atoms with van der Waals surface area (Å²) in [5.74, 6) is -1.34. The van der Waals surface area contributed by atoms with E-state index < -0.39 is 27.9 Å². The zero-order valence-electron chi connectivity index (χ0n) is 14.0. The predicted molar refractivity (Wildman–Crippen MR) is 94.5 cm³/mol. The number of hydrogen-bond donors (Lipinski definition) is 2. The topological polar surface area (TPSA) is 122 Å². The van der Waals surface area contributed by atoms with Gasteiger partial charge in [-0.25, -0.2) is 8.42 Å². The first-order valence-corrected chi connectivity index (χ1v) is 10.2. The van der Waals surface area contributed by atoms with Crippen LogP contribution in [0.3, 0.4) is 0 Å². The summed E-state index contributed by atoms with van der Waals surface area (Å²) in [6.07, 6.45) is 2.45. The molecule has 140 valence electrons. The zero-order valence-corrected chi connectivity index (χ0v) is 15.6. The Labute approximate surface area is 154 Å². The summed E-state index contributed by atoms with van der Waals surface area (Å²) in [6, 6.07) is 3.94. The predicted octanol–water partition coefficient (Wildman–Crippen LogP) is 1.13. The van der Waals surface area contributed by atoms with Crippen LogP contribution < -0.4 is 5.32 Å². The van der Waals surface area contributed by atoms with E-state index in [0.29, 0.717) is 12.8 Å². The summed E-state index contributed by atoms with van der Waals surface area (Å²) in [4.78, 5) is 24.1. The van der Waals surface area contributed by atoms with Crippen LogP contribution in [-0.4, -0.2) is 52.1 Å². The Morgan fingerprint density at radius 3 is 2.81 bits per heavy atom. The van der Waals surface area contributed by atoms with Gasteiger partial charge in [-0.2, -0.15) is 9.40 Å². The van der Waals surface area contributed by atoms with Crippen molar-refractivity contribution in [2.45, 2.75) is 36.6 Å². The molecule has 0 bridgehead atoms. The Kier molecular flexibility index (Phi) is 5.12. The molecule has 1 fully saturated rings. The number of amides is 1. The van der Waals surface area contributed by atoms with Gasteiger partial charge in [0.1, 0.15) is 16.8 Å². The highest BCUT2D eigenvalue weighted by molar-refractivity contribution is 7.91. The van der Waals surface area contributed by atoms with E-state index in [1.54, 1.807) is 12.1 Å². The number of carbonyl (C=O) groups excluding carboxylic acids is 1. The fraction of sp³-hybridized carbons (Fsp3) is 0.400. The molecule has 0 radical (unpaired) electrons. The fourth-order valence-electron chi connectivity index (χ4n) is 2.82. The molecule has 2 N–H and O–H groups in total. The lowest BCUT2D eigenvalue weighted by molar-refractivity contribution is -0.137. The monoisotopic (exact) mass is 398 g/mol. The molecular formula is C15H18N4O5S2. The van der Waals surface area contributed by atoms with Gasteiger partial charge in [0.15, 0.2) is 5.82 Å². The van der Waals surface area contributed by atoms with E-state index >= 15 is 0 Å². The van der Waals surface area contributed by atoms with Gasteiger partial charge < -0.3 is 10.4 Å². The molecule has 26 heavy (non-hydrogen) atoms. The highest BCUT2D eigenvalue weighted by Crippen LogP contribution is 2.30. The Morgan fingerprint density at radius 1 is 1.38 bits per heavy atom. The molecule has 1 atom stereocenters. The van der Waals surface area contributed by atoms with Crippen LogP contribution in [0.1, 0.15) is 17.7 Å². The first-order valence-electron chi connectivity index (χ1n) is 7.92. The molecule has 2 aromatic rings. The number of sulfonamides is 1. The van der Waals surface area contributed by atoms with E-state index in [2.05, 4.69) is 10.4 Å². The maximum absolute atomic E-state index is 12.8. The van der Waals surface area contributed by atoms with Crippen molar-refractivity contribution in [3.8, 4) is 0 Å². The summed E-state index contributed by atoms with van der Waals surface area (Å²) < 4.78 is 28.2. The summed E-state index contributed by atoms with van der Waals surface area (Å²) in [5.41, 5.74) is 0. The average molecular weight is 398 g/mol. The van der Waals surface area contributed by atoms with Crippen LogP contribution in [0.25, 0.3) is 0 Å². The molecule has 3 heterocycles. The van der Waals surface area contributed by atoms with Crippen LogP contribution in [0.4, 0.5) is 5.82 Å². The minimum absolute atomic E-state index is 0.187. The zero-order chi connectivity index (χ0) is 18.9. The summed E-state index contributed by atoms with van der Waals surface area (Å²) in [5, 5.41) is 15.3. The van der Waals surface area contributed by atoms with E-state index in [-0.39, 0.29) is 23.1 Å². The Morgan fingerprint density at radius 2 is 2.15 bits per heavy atom. The van der Waals surface area contributed by atoms with Crippen molar-refractivity contribution >= 4 is 39.1 Å². The molecule has 9 nitrogen and oxygen atoms in total. The number of nitrogens with one attached hydrogen (secondary N) is 1. The number of anilines is 1. The van der Waals surface area contributed by atoms with Gasteiger partial charge >= 0.3 is 5.97 Å². The third-order valence-corrected chi connectivity index (χ3v) is 7.35. The minimum atomic E-state index is -3.73. The Hall–Kier alpha value is -2.24. The van der Waals surface area contributed by atoms with Gasteiger partial charge in [-0.3, -0.25) is 14.3 Å². The fourth-order valence-corrected chi connectivity index (χ4v) is 5.89. The van der Waals surface area contributed by atoms with Gasteiger partial charge in [-0.15, -0.1) is 11.3 Å². The molecule has 0 aliphatic carbocycles. The van der Waals surface area contributed by atoms with Gasteiger partial charge in [0.25, 0.3) is 10.0 Å². The second kappa shape index (κ2) is 7.17. The number of nitrogens with zero attached hydrogens (tertiary/aromatic N) is 3. The summed E-state index contributed by atoms with van der Waals surface area (Å²) in [7, 11) is -3.73. The normalized spacial score (nSPS) is 18.1. The van der Waals surface area contributed by atoms with Crippen molar-refractivity contribution in [3.05, 3.63) is 29.3 Å². The van der Waals surface area contributed by atoms with Crippen LogP contribution in [-0.2, 0) is 26.2 Å². The first kappa shape index (κ1) is 18.5. The van der Waals surface area contributed by atoms with E-state index in [9.17, 15) is 18.0 Å². The smallest absolute Gasteiger partial charge is 0.325 e. The van der Waals surface area contributed by atoms with Crippen LogP contribution in [0, 0.1) is 6.92 Å². The maximum atomic E-state index is 12.8. The van der Waals surface area contributed by atoms with E-state index in [1.165, 1.54) is 32.6 Å². The Bertz CT molecular complexity index is 933. The van der Waals surface area contributed by atoms with Gasteiger partial charge in [0, 0.05) is 23.7 Å². The lowest BCUT2D eigenvalue weighted by Gasteiger charge is -2.22. The van der Waals surface area contributed by atoms with Gasteiger partial charge in [0.05, 0.1) is 0 Å². The number of rotatable bonds is 6. The quantitative estimate of drug-likeness (QED) is 0.752. The molecule has 1 unspecified atom stereocenters. The largest absolute Gasteiger partial charge is 0.480 e. The minimum Gasteiger partial charge on any atom is -0.480 e. The molecule has 0 spiro atoms. The third-order valence-electron chi connectivity index (χ3n) is 3.97. The number of aliphatic carboxylic acids is 1. The molecule has 1 aliphatic heterocycles. The van der Waals surface area contributed by atoms with Crippen molar-refractivity contribution in [2.24, 2.45) is 0 Å². The standard InChI is InChI=1S/C15H18N4O5S2/c1-10-4-5-14(25-10)26(23,24)19-7-2-3-11(19)15(22)16-12-6-8-18(17-12)9-13(20)21/h4-6,8,11H,2-3,7,9H2,1H3,(H,20,21)(H,16,17,22). The average Bonchev–Trinajstić information content (AvgIpc) is 3.27. The van der Waals surface area contributed by atoms with Crippen molar-refractivity contribution in [1.29, 1.82) is 0 Å². The van der Waals surface area contributed by atoms with E-state index in [0.717, 1.165) is 4.88 Å². The molecule has 11 heteroatoms. The number of carboxylic acids is 1. The van der Waals surface area contributed by atoms with E-state index in [1.807, 2.05) is 6.92 Å². The number of aryl methyl sites for hydroxylation is 1. The Balaban J connectivity index is 1.74. The van der Waals surface area contributed by atoms with Gasteiger partial charge in [-0.1, -0.05) is 0 Å². The maximum Gasteiger partial charge on any atom is 0.325 e. The third kappa shape index (κ3) is 3.79. The number of carboxylic acid groups (broad SMARTS) is 1. The SMILES string of the molecule is Cc1ccc(S(=O)(=O)N2CCCC2C(=O)Nc2ccn(CC(=O)O)n2)s1. The molecule has 3 rings (SSSR count). The van der Waals surface area contributed by atoms with Crippen LogP contribution >= 0.6 is 11.3 Å². The lowest BCUT2D eigenvalue weighted by Crippen LogP contribution is -2.42. The first-order chi connectivity index (χ1) is 12.3. The van der Waals surface area contributed by atoms with Crippen LogP contribution in [0.15, 0.2) is 28.6 Å². The van der Waals surface area contributed by atoms with Gasteiger partial charge in [0.2, 0.25) is 5.91 Å². The highest BCUT2D eigenvalue weighted by Gasteiger charge is 2.40. The second-order valence-corrected chi connectivity index (χ2v) is 9.33. The van der Waals surface area contributed by atoms with Crippen LogP contribution in [0.2, 0.25) is 0 Å². The van der Waals surface area contributed by atoms with Crippen molar-refractivity contribution in [2.75, 3.05) is 11.9 Å². The molecule has 0 saturated carbocycles. The molecule has 1 amide bonds. The number of thiophene rings is 1.